The molecule has 0 unspecified atom stereocenters. The van der Waals surface area contributed by atoms with Gasteiger partial charge in [0.15, 0.2) is 0 Å². The molecule has 0 aliphatic rings. The number of benzene rings is 1. The molecule has 1 aromatic carbocycles. The molecule has 72 valence electrons. The van der Waals surface area contributed by atoms with Crippen molar-refractivity contribution in [3.8, 4) is 11.5 Å². The minimum absolute atomic E-state index is 0.674. The molecule has 0 amide bonds. The Bertz CT molecular complexity index is 457. The number of rotatable bonds is 2. The second-order valence-electron chi connectivity index (χ2n) is 2.75. The lowest BCUT2D eigenvalue weighted by Crippen LogP contribution is -1.91. The summed E-state index contributed by atoms with van der Waals surface area (Å²) in [6.07, 6.45) is 3.28. The van der Waals surface area contributed by atoms with Crippen LogP contribution >= 0.6 is 0 Å². The summed E-state index contributed by atoms with van der Waals surface area (Å²) in [5.41, 5.74) is 1.51. The first-order valence-electron chi connectivity index (χ1n) is 4.18. The zero-order chi connectivity index (χ0) is 9.97. The largest absolute Gasteiger partial charge is 0.497 e. The van der Waals surface area contributed by atoms with Crippen LogP contribution in [0.4, 0.5) is 0 Å². The van der Waals surface area contributed by atoms with Crippen molar-refractivity contribution in [3.63, 3.8) is 0 Å². The van der Waals surface area contributed by atoms with E-state index < -0.39 is 0 Å². The lowest BCUT2D eigenvalue weighted by atomic mass is 10.2. The highest BCUT2D eigenvalue weighted by molar-refractivity contribution is 5.82. The van der Waals surface area contributed by atoms with Gasteiger partial charge in [-0.1, -0.05) is 0 Å². The number of aromatic nitrogens is 2. The van der Waals surface area contributed by atoms with E-state index in [1.54, 1.807) is 32.7 Å². The third kappa shape index (κ3) is 1.35. The first-order valence-corrected chi connectivity index (χ1v) is 4.18. The average molecular weight is 190 g/mol. The van der Waals surface area contributed by atoms with Crippen molar-refractivity contribution in [2.75, 3.05) is 14.2 Å². The Hall–Kier alpha value is -1.84. The van der Waals surface area contributed by atoms with Crippen LogP contribution in [-0.4, -0.2) is 24.2 Å². The van der Waals surface area contributed by atoms with Crippen molar-refractivity contribution < 1.29 is 9.47 Å². The van der Waals surface area contributed by atoms with E-state index in [-0.39, 0.29) is 0 Å². The molecule has 0 saturated carbocycles. The molecule has 4 heteroatoms. The van der Waals surface area contributed by atoms with Gasteiger partial charge in [-0.2, -0.15) is 0 Å². The third-order valence-corrected chi connectivity index (χ3v) is 1.97. The molecule has 0 aliphatic heterocycles. The van der Waals surface area contributed by atoms with Crippen LogP contribution < -0.4 is 9.47 Å². The van der Waals surface area contributed by atoms with Gasteiger partial charge in [0.25, 0.3) is 0 Å². The van der Waals surface area contributed by atoms with Gasteiger partial charge in [0.05, 0.1) is 19.7 Å². The molecule has 0 atom stereocenters. The lowest BCUT2D eigenvalue weighted by Gasteiger charge is -2.06. The highest BCUT2D eigenvalue weighted by Gasteiger charge is 2.05. The van der Waals surface area contributed by atoms with Gasteiger partial charge in [-0.25, -0.2) is 4.98 Å². The molecule has 4 nitrogen and oxygen atoms in total. The van der Waals surface area contributed by atoms with Gasteiger partial charge in [-0.3, -0.25) is 4.98 Å². The van der Waals surface area contributed by atoms with Gasteiger partial charge < -0.3 is 9.47 Å². The van der Waals surface area contributed by atoms with Gasteiger partial charge in [0, 0.05) is 24.5 Å². The predicted octanol–water partition coefficient (Wildman–Crippen LogP) is 1.65. The van der Waals surface area contributed by atoms with Gasteiger partial charge in [0.2, 0.25) is 0 Å². The number of ether oxygens (including phenoxy) is 2. The van der Waals surface area contributed by atoms with E-state index >= 15 is 0 Å². The van der Waals surface area contributed by atoms with E-state index in [1.807, 2.05) is 6.07 Å². The molecule has 0 fully saturated rings. The summed E-state index contributed by atoms with van der Waals surface area (Å²) in [4.78, 5) is 8.36. The maximum absolute atomic E-state index is 5.19. The van der Waals surface area contributed by atoms with E-state index in [0.29, 0.717) is 5.75 Å². The zero-order valence-corrected chi connectivity index (χ0v) is 8.02. The number of hydrogen-bond acceptors (Lipinski definition) is 4. The fraction of sp³-hybridized carbons (Fsp3) is 0.200. The molecule has 0 bridgehead atoms. The summed E-state index contributed by atoms with van der Waals surface area (Å²) in [6.45, 7) is 0. The zero-order valence-electron chi connectivity index (χ0n) is 8.02. The van der Waals surface area contributed by atoms with Crippen molar-refractivity contribution in [2.45, 2.75) is 0 Å². The lowest BCUT2D eigenvalue weighted by molar-refractivity contribution is 0.397. The highest BCUT2D eigenvalue weighted by atomic mass is 16.5. The standard InChI is InChI=1S/C10H10N2O2/c1-13-7-5-8-10(9(6-7)14-2)12-4-3-11-8/h3-6H,1-2H3. The van der Waals surface area contributed by atoms with Crippen LogP contribution in [-0.2, 0) is 0 Å². The smallest absolute Gasteiger partial charge is 0.150 e. The molecule has 2 aromatic rings. The van der Waals surface area contributed by atoms with Crippen molar-refractivity contribution in [2.24, 2.45) is 0 Å². The summed E-state index contributed by atoms with van der Waals surface area (Å²) >= 11 is 0. The third-order valence-electron chi connectivity index (χ3n) is 1.97. The fourth-order valence-corrected chi connectivity index (χ4v) is 1.29. The number of methoxy groups -OCH3 is 2. The van der Waals surface area contributed by atoms with Crippen LogP contribution in [0.1, 0.15) is 0 Å². The van der Waals surface area contributed by atoms with Crippen molar-refractivity contribution >= 4 is 11.0 Å². The molecule has 0 aliphatic carbocycles. The summed E-state index contributed by atoms with van der Waals surface area (Å²) < 4.78 is 10.3. The van der Waals surface area contributed by atoms with Gasteiger partial charge in [0.1, 0.15) is 17.0 Å². The summed E-state index contributed by atoms with van der Waals surface area (Å²) in [7, 11) is 3.21. The Kier molecular flexibility index (Phi) is 2.18. The molecule has 1 aromatic heterocycles. The van der Waals surface area contributed by atoms with Crippen molar-refractivity contribution in [1.82, 2.24) is 9.97 Å². The molecule has 2 rings (SSSR count). The van der Waals surface area contributed by atoms with Gasteiger partial charge >= 0.3 is 0 Å². The molecule has 14 heavy (non-hydrogen) atoms. The van der Waals surface area contributed by atoms with Crippen molar-refractivity contribution in [3.05, 3.63) is 24.5 Å². The van der Waals surface area contributed by atoms with E-state index in [9.17, 15) is 0 Å². The molecular weight excluding hydrogens is 180 g/mol. The topological polar surface area (TPSA) is 44.2 Å². The number of fused-ring (bicyclic) bond motifs is 1. The Morgan fingerprint density at radius 2 is 1.79 bits per heavy atom. The van der Waals surface area contributed by atoms with E-state index in [1.165, 1.54) is 0 Å². The molecular formula is C10H10N2O2. The van der Waals surface area contributed by atoms with Crippen LogP contribution in [0.3, 0.4) is 0 Å². The Balaban J connectivity index is 2.73. The molecule has 0 saturated heterocycles. The van der Waals surface area contributed by atoms with Crippen LogP contribution in [0.5, 0.6) is 11.5 Å². The minimum Gasteiger partial charge on any atom is -0.497 e. The molecule has 1 heterocycles. The Morgan fingerprint density at radius 1 is 1.00 bits per heavy atom. The monoisotopic (exact) mass is 190 g/mol. The van der Waals surface area contributed by atoms with Crippen molar-refractivity contribution in [1.29, 1.82) is 0 Å². The summed E-state index contributed by atoms with van der Waals surface area (Å²) in [6, 6.07) is 3.61. The second-order valence-corrected chi connectivity index (χ2v) is 2.75. The molecule has 0 radical (unpaired) electrons. The summed E-state index contributed by atoms with van der Waals surface area (Å²) in [5.74, 6) is 1.39. The maximum atomic E-state index is 5.19. The molecule has 0 spiro atoms. The number of hydrogen-bond donors (Lipinski definition) is 0. The quantitative estimate of drug-likeness (QED) is 0.722. The maximum Gasteiger partial charge on any atom is 0.150 e. The van der Waals surface area contributed by atoms with Crippen LogP contribution in [0, 0.1) is 0 Å². The van der Waals surface area contributed by atoms with Crippen LogP contribution in [0.15, 0.2) is 24.5 Å². The van der Waals surface area contributed by atoms with E-state index in [4.69, 9.17) is 9.47 Å². The predicted molar refractivity (Wildman–Crippen MR) is 52.6 cm³/mol. The van der Waals surface area contributed by atoms with Crippen LogP contribution in [0.2, 0.25) is 0 Å². The van der Waals surface area contributed by atoms with Gasteiger partial charge in [-0.15, -0.1) is 0 Å². The highest BCUT2D eigenvalue weighted by Crippen LogP contribution is 2.27. The first-order chi connectivity index (χ1) is 6.85. The van der Waals surface area contributed by atoms with E-state index in [0.717, 1.165) is 16.8 Å². The van der Waals surface area contributed by atoms with Gasteiger partial charge in [-0.05, 0) is 0 Å². The fourth-order valence-electron chi connectivity index (χ4n) is 1.29. The Labute approximate surface area is 81.5 Å². The molecule has 0 N–H and O–H groups in total. The Morgan fingerprint density at radius 3 is 2.50 bits per heavy atom. The first kappa shape index (κ1) is 8.74. The second kappa shape index (κ2) is 3.49. The SMILES string of the molecule is COc1cc(OC)c2nccnc2c1. The van der Waals surface area contributed by atoms with E-state index in [2.05, 4.69) is 9.97 Å². The van der Waals surface area contributed by atoms with Crippen LogP contribution in [0.25, 0.3) is 11.0 Å². The summed E-state index contributed by atoms with van der Waals surface area (Å²) in [5, 5.41) is 0. The number of nitrogens with zero attached hydrogens (tertiary/aromatic N) is 2. The average Bonchev–Trinajstić information content (AvgIpc) is 2.27. The minimum atomic E-state index is 0.674. The normalized spacial score (nSPS) is 10.1.